The van der Waals surface area contributed by atoms with E-state index < -0.39 is 17.8 Å². The fourth-order valence-electron chi connectivity index (χ4n) is 3.76. The Bertz CT molecular complexity index is 1520. The van der Waals surface area contributed by atoms with E-state index in [-0.39, 0.29) is 34.5 Å². The van der Waals surface area contributed by atoms with Crippen molar-refractivity contribution in [2.45, 2.75) is 20.8 Å². The van der Waals surface area contributed by atoms with Crippen LogP contribution in [-0.2, 0) is 14.4 Å². The van der Waals surface area contributed by atoms with Crippen LogP contribution in [0.15, 0.2) is 60.2 Å². The fourth-order valence-corrected chi connectivity index (χ4v) is 4.18. The minimum atomic E-state index is -0.872. The number of imide groups is 2. The van der Waals surface area contributed by atoms with Gasteiger partial charge in [-0.3, -0.25) is 19.7 Å². The molecule has 0 unspecified atom stereocenters. The minimum absolute atomic E-state index is 0.167. The lowest BCUT2D eigenvalue weighted by Crippen LogP contribution is -2.54. The van der Waals surface area contributed by atoms with Gasteiger partial charge < -0.3 is 10.1 Å². The number of benzene rings is 3. The Morgan fingerprint density at radius 3 is 2.45 bits per heavy atom. The molecule has 0 atom stereocenters. The normalized spacial score (nSPS) is 14.5. The Balaban J connectivity index is 1.49. The van der Waals surface area contributed by atoms with Crippen molar-refractivity contribution in [3.05, 3.63) is 92.5 Å². The average molecular weight is 552 g/mol. The van der Waals surface area contributed by atoms with Crippen LogP contribution in [0.1, 0.15) is 22.3 Å². The van der Waals surface area contributed by atoms with Gasteiger partial charge in [-0.15, -0.1) is 0 Å². The first-order valence-electron chi connectivity index (χ1n) is 11.5. The molecule has 8 nitrogen and oxygen atoms in total. The number of hydrogen-bond donors (Lipinski definition) is 2. The second-order valence-corrected chi connectivity index (χ2v) is 9.48. The molecule has 1 fully saturated rings. The Hall–Kier alpha value is -4.14. The number of nitrogens with zero attached hydrogens (tertiary/aromatic N) is 1. The number of rotatable bonds is 6. The van der Waals surface area contributed by atoms with E-state index in [4.69, 9.17) is 27.9 Å². The first kappa shape index (κ1) is 26.9. The predicted octanol–water partition coefficient (Wildman–Crippen LogP) is 5.60. The van der Waals surface area contributed by atoms with E-state index in [1.54, 1.807) is 37.3 Å². The largest absolute Gasteiger partial charge is 0.482 e. The maximum atomic E-state index is 13.2. The highest BCUT2D eigenvalue weighted by molar-refractivity contribution is 6.40. The third-order valence-corrected chi connectivity index (χ3v) is 6.70. The molecule has 0 aromatic heterocycles. The van der Waals surface area contributed by atoms with Gasteiger partial charge in [-0.2, -0.15) is 0 Å². The van der Waals surface area contributed by atoms with Crippen LogP contribution in [0.4, 0.5) is 16.2 Å². The van der Waals surface area contributed by atoms with Crippen molar-refractivity contribution in [3.63, 3.8) is 0 Å². The van der Waals surface area contributed by atoms with Crippen LogP contribution in [0, 0.1) is 20.8 Å². The van der Waals surface area contributed by atoms with Gasteiger partial charge >= 0.3 is 6.03 Å². The van der Waals surface area contributed by atoms with Crippen molar-refractivity contribution in [3.8, 4) is 5.75 Å². The number of carbonyl (C=O) groups excluding carboxylic acids is 4. The fraction of sp³-hybridized carbons (Fsp3) is 0.143. The highest BCUT2D eigenvalue weighted by Crippen LogP contribution is 2.31. The minimum Gasteiger partial charge on any atom is -0.482 e. The SMILES string of the molecule is Cc1ccc(NC(=O)COc2ccc(/C=C3/C(=O)NC(=O)N(c4cccc(Cl)c4C)C3=O)cc2Cl)cc1C. The summed E-state index contributed by atoms with van der Waals surface area (Å²) in [5, 5.41) is 5.48. The number of ether oxygens (including phenoxy) is 1. The number of amides is 5. The maximum absolute atomic E-state index is 13.2. The lowest BCUT2D eigenvalue weighted by atomic mass is 10.1. The van der Waals surface area contributed by atoms with Gasteiger partial charge in [0.05, 0.1) is 10.7 Å². The maximum Gasteiger partial charge on any atom is 0.335 e. The highest BCUT2D eigenvalue weighted by atomic mass is 35.5. The molecule has 38 heavy (non-hydrogen) atoms. The van der Waals surface area contributed by atoms with Crippen LogP contribution >= 0.6 is 23.2 Å². The van der Waals surface area contributed by atoms with E-state index in [1.807, 2.05) is 26.0 Å². The highest BCUT2D eigenvalue weighted by Gasteiger charge is 2.37. The molecule has 0 radical (unpaired) electrons. The zero-order valence-electron chi connectivity index (χ0n) is 20.7. The summed E-state index contributed by atoms with van der Waals surface area (Å²) < 4.78 is 5.55. The molecule has 0 spiro atoms. The van der Waals surface area contributed by atoms with E-state index in [0.717, 1.165) is 16.0 Å². The number of carbonyl (C=O) groups is 4. The number of aryl methyl sites for hydroxylation is 2. The number of nitrogens with one attached hydrogen (secondary N) is 2. The number of hydrogen-bond acceptors (Lipinski definition) is 5. The van der Waals surface area contributed by atoms with E-state index in [9.17, 15) is 19.2 Å². The molecule has 2 N–H and O–H groups in total. The molecule has 0 aliphatic carbocycles. The van der Waals surface area contributed by atoms with Crippen LogP contribution in [0.25, 0.3) is 6.08 Å². The van der Waals surface area contributed by atoms with Crippen LogP contribution in [-0.4, -0.2) is 30.4 Å². The summed E-state index contributed by atoms with van der Waals surface area (Å²) in [5.74, 6) is -1.75. The molecule has 1 aliphatic rings. The Morgan fingerprint density at radius 1 is 0.974 bits per heavy atom. The number of urea groups is 1. The van der Waals surface area contributed by atoms with Crippen molar-refractivity contribution >= 4 is 64.4 Å². The molecule has 3 aromatic carbocycles. The van der Waals surface area contributed by atoms with Gasteiger partial charge in [0.25, 0.3) is 17.7 Å². The lowest BCUT2D eigenvalue weighted by molar-refractivity contribution is -0.122. The molecule has 1 saturated heterocycles. The number of halogens is 2. The second-order valence-electron chi connectivity index (χ2n) is 8.67. The standard InChI is InChI=1S/C28H23Cl2N3O5/c1-15-7-9-19(11-16(15)2)31-25(34)14-38-24-10-8-18(13-22(24)30)12-20-26(35)32-28(37)33(27(20)36)23-6-4-5-21(29)17(23)3/h4-13H,14H2,1-3H3,(H,31,34)(H,32,35,37)/b20-12-. The molecule has 1 aliphatic heterocycles. The average Bonchev–Trinajstić information content (AvgIpc) is 2.86. The molecule has 4 rings (SSSR count). The number of anilines is 2. The quantitative estimate of drug-likeness (QED) is 0.306. The lowest BCUT2D eigenvalue weighted by Gasteiger charge is -2.27. The van der Waals surface area contributed by atoms with Crippen molar-refractivity contribution < 1.29 is 23.9 Å². The van der Waals surface area contributed by atoms with Gasteiger partial charge in [0.1, 0.15) is 11.3 Å². The van der Waals surface area contributed by atoms with Crippen LogP contribution in [0.3, 0.4) is 0 Å². The van der Waals surface area contributed by atoms with E-state index in [0.29, 0.717) is 21.8 Å². The summed E-state index contributed by atoms with van der Waals surface area (Å²) in [5.41, 5.74) is 3.76. The van der Waals surface area contributed by atoms with Crippen molar-refractivity contribution in [2.24, 2.45) is 0 Å². The molecule has 0 bridgehead atoms. The monoisotopic (exact) mass is 551 g/mol. The zero-order chi connectivity index (χ0) is 27.6. The van der Waals surface area contributed by atoms with Gasteiger partial charge in [-0.05, 0) is 85.5 Å². The summed E-state index contributed by atoms with van der Waals surface area (Å²) in [6.45, 7) is 5.33. The molecule has 10 heteroatoms. The van der Waals surface area contributed by atoms with Crippen LogP contribution < -0.4 is 20.3 Å². The third-order valence-electron chi connectivity index (χ3n) is 6.00. The van der Waals surface area contributed by atoms with Gasteiger partial charge in [0, 0.05) is 10.7 Å². The van der Waals surface area contributed by atoms with Crippen LogP contribution in [0.5, 0.6) is 5.75 Å². The van der Waals surface area contributed by atoms with E-state index in [2.05, 4.69) is 10.6 Å². The molecule has 1 heterocycles. The van der Waals surface area contributed by atoms with Gasteiger partial charge in [-0.25, -0.2) is 9.69 Å². The zero-order valence-corrected chi connectivity index (χ0v) is 22.2. The van der Waals surface area contributed by atoms with Crippen molar-refractivity contribution in [2.75, 3.05) is 16.8 Å². The van der Waals surface area contributed by atoms with Gasteiger partial charge in [0.15, 0.2) is 6.61 Å². The first-order chi connectivity index (χ1) is 18.0. The first-order valence-corrected chi connectivity index (χ1v) is 12.3. The van der Waals surface area contributed by atoms with Crippen LogP contribution in [0.2, 0.25) is 10.0 Å². The molecule has 3 aromatic rings. The van der Waals surface area contributed by atoms with Crippen molar-refractivity contribution in [1.29, 1.82) is 0 Å². The Kier molecular flexibility index (Phi) is 7.85. The smallest absolute Gasteiger partial charge is 0.335 e. The van der Waals surface area contributed by atoms with E-state index >= 15 is 0 Å². The van der Waals surface area contributed by atoms with E-state index in [1.165, 1.54) is 18.2 Å². The van der Waals surface area contributed by atoms with Gasteiger partial charge in [0.2, 0.25) is 0 Å². The summed E-state index contributed by atoms with van der Waals surface area (Å²) in [6.07, 6.45) is 1.32. The molecule has 0 saturated carbocycles. The Labute approximate surface area is 229 Å². The molecular formula is C28H23Cl2N3O5. The number of barbiturate groups is 1. The topological polar surface area (TPSA) is 105 Å². The molecular weight excluding hydrogens is 529 g/mol. The molecule has 194 valence electrons. The second kappa shape index (κ2) is 11.1. The Morgan fingerprint density at radius 2 is 1.74 bits per heavy atom. The summed E-state index contributed by atoms with van der Waals surface area (Å²) in [6, 6.07) is 14.1. The summed E-state index contributed by atoms with van der Waals surface area (Å²) >= 11 is 12.5. The van der Waals surface area contributed by atoms with Crippen molar-refractivity contribution in [1.82, 2.24) is 5.32 Å². The summed E-state index contributed by atoms with van der Waals surface area (Å²) in [4.78, 5) is 51.3. The third kappa shape index (κ3) is 5.72. The summed E-state index contributed by atoms with van der Waals surface area (Å²) in [7, 11) is 0. The van der Waals surface area contributed by atoms with Gasteiger partial charge in [-0.1, -0.05) is 41.4 Å². The predicted molar refractivity (Wildman–Crippen MR) is 147 cm³/mol. The molecule has 5 amide bonds.